The summed E-state index contributed by atoms with van der Waals surface area (Å²) in [5.41, 5.74) is 4.87. The van der Waals surface area contributed by atoms with Crippen molar-refractivity contribution in [3.63, 3.8) is 0 Å². The predicted octanol–water partition coefficient (Wildman–Crippen LogP) is 4.68. The van der Waals surface area contributed by atoms with Crippen LogP contribution < -0.4 is 15.5 Å². The van der Waals surface area contributed by atoms with E-state index in [0.717, 1.165) is 11.1 Å². The number of imide groups is 1. The second-order valence-electron chi connectivity index (χ2n) is 7.05. The quantitative estimate of drug-likeness (QED) is 0.405. The van der Waals surface area contributed by atoms with Gasteiger partial charge in [0.25, 0.3) is 5.91 Å². The minimum Gasteiger partial charge on any atom is -0.481 e. The number of anilines is 1. The number of nitriles is 1. The molecule has 0 bridgehead atoms. The van der Waals surface area contributed by atoms with Gasteiger partial charge in [0, 0.05) is 28.2 Å². The maximum Gasteiger partial charge on any atom is 0.414 e. The number of alkyl carbamates (subject to hydrolysis) is 1. The molecule has 0 saturated carbocycles. The number of ether oxygens (including phenoxy) is 2. The standard InChI is InChI=1S/C22H23Cl2N5O4/c1-5-33-22(31)27-20(30)19(10-25)29-28-14-8-17(23)16(18(24)9-14)7-13-6-15(12(2)3)21(32-4)26-11-13/h6,8-9,11-12,28H,5,7H2,1-4H3,(H,27,30,31)/b29-19-. The van der Waals surface area contributed by atoms with Gasteiger partial charge < -0.3 is 9.47 Å². The molecule has 0 fully saturated rings. The molecule has 33 heavy (non-hydrogen) atoms. The fourth-order valence-electron chi connectivity index (χ4n) is 2.80. The molecule has 2 N–H and O–H groups in total. The van der Waals surface area contributed by atoms with E-state index in [0.29, 0.717) is 33.6 Å². The first-order chi connectivity index (χ1) is 15.7. The molecule has 0 aliphatic rings. The number of rotatable bonds is 8. The molecule has 0 aliphatic heterocycles. The number of halogens is 2. The third-order valence-electron chi connectivity index (χ3n) is 4.38. The Hall–Kier alpha value is -3.35. The molecule has 11 heteroatoms. The van der Waals surface area contributed by atoms with Crippen molar-refractivity contribution < 1.29 is 19.1 Å². The number of aromatic nitrogens is 1. The summed E-state index contributed by atoms with van der Waals surface area (Å²) in [7, 11) is 1.58. The van der Waals surface area contributed by atoms with Crippen LogP contribution in [-0.2, 0) is 16.0 Å². The first-order valence-electron chi connectivity index (χ1n) is 9.92. The molecule has 2 aromatic rings. The first kappa shape index (κ1) is 25.9. The summed E-state index contributed by atoms with van der Waals surface area (Å²) in [6.07, 6.45) is 1.16. The fourth-order valence-corrected chi connectivity index (χ4v) is 3.42. The number of methoxy groups -OCH3 is 1. The van der Waals surface area contributed by atoms with Gasteiger partial charge in [-0.15, -0.1) is 0 Å². The number of pyridine rings is 1. The Kier molecular flexibility index (Phi) is 9.45. The van der Waals surface area contributed by atoms with E-state index in [1.165, 1.54) is 0 Å². The number of carbonyl (C=O) groups excluding carboxylic acids is 2. The van der Waals surface area contributed by atoms with E-state index in [-0.39, 0.29) is 12.5 Å². The van der Waals surface area contributed by atoms with Gasteiger partial charge in [-0.1, -0.05) is 37.0 Å². The molecule has 0 unspecified atom stereocenters. The van der Waals surface area contributed by atoms with Crippen LogP contribution in [0.2, 0.25) is 10.0 Å². The zero-order valence-corrected chi connectivity index (χ0v) is 20.0. The number of hydrazone groups is 1. The lowest BCUT2D eigenvalue weighted by atomic mass is 9.99. The molecule has 2 rings (SSSR count). The SMILES string of the molecule is CCOC(=O)NC(=O)/C(C#N)=N\Nc1cc(Cl)c(Cc2cnc(OC)c(C(C)C)c2)c(Cl)c1. The van der Waals surface area contributed by atoms with Crippen LogP contribution in [0.25, 0.3) is 0 Å². The van der Waals surface area contributed by atoms with Gasteiger partial charge in [-0.25, -0.2) is 9.78 Å². The molecule has 0 spiro atoms. The molecule has 1 heterocycles. The van der Waals surface area contributed by atoms with Gasteiger partial charge in [0.05, 0.1) is 19.4 Å². The van der Waals surface area contributed by atoms with Gasteiger partial charge in [0.15, 0.2) is 0 Å². The third-order valence-corrected chi connectivity index (χ3v) is 5.06. The number of nitrogens with one attached hydrogen (secondary N) is 2. The van der Waals surface area contributed by atoms with Gasteiger partial charge >= 0.3 is 6.09 Å². The highest BCUT2D eigenvalue weighted by atomic mass is 35.5. The van der Waals surface area contributed by atoms with Crippen molar-refractivity contribution in [1.29, 1.82) is 5.26 Å². The zero-order chi connectivity index (χ0) is 24.5. The Morgan fingerprint density at radius 1 is 1.24 bits per heavy atom. The molecule has 0 aliphatic carbocycles. The van der Waals surface area contributed by atoms with Crippen LogP contribution in [0.4, 0.5) is 10.5 Å². The summed E-state index contributed by atoms with van der Waals surface area (Å²) in [6, 6.07) is 6.72. The van der Waals surface area contributed by atoms with Crippen molar-refractivity contribution in [2.45, 2.75) is 33.1 Å². The Bertz CT molecular complexity index is 1090. The molecule has 1 aromatic heterocycles. The number of amides is 2. The average Bonchev–Trinajstić information content (AvgIpc) is 2.76. The predicted molar refractivity (Wildman–Crippen MR) is 126 cm³/mol. The van der Waals surface area contributed by atoms with Gasteiger partial charge in [-0.2, -0.15) is 10.4 Å². The highest BCUT2D eigenvalue weighted by Gasteiger charge is 2.16. The van der Waals surface area contributed by atoms with Gasteiger partial charge in [-0.3, -0.25) is 15.5 Å². The van der Waals surface area contributed by atoms with Gasteiger partial charge in [-0.05, 0) is 42.2 Å². The van der Waals surface area contributed by atoms with E-state index >= 15 is 0 Å². The van der Waals surface area contributed by atoms with Crippen molar-refractivity contribution in [2.24, 2.45) is 5.10 Å². The molecule has 0 atom stereocenters. The van der Waals surface area contributed by atoms with Crippen molar-refractivity contribution >= 4 is 46.6 Å². The molecule has 0 radical (unpaired) electrons. The maximum absolute atomic E-state index is 11.9. The van der Waals surface area contributed by atoms with Gasteiger partial charge in [0.1, 0.15) is 6.07 Å². The minimum absolute atomic E-state index is 0.0745. The van der Waals surface area contributed by atoms with Crippen LogP contribution in [0.5, 0.6) is 5.88 Å². The van der Waals surface area contributed by atoms with E-state index in [2.05, 4.69) is 20.2 Å². The van der Waals surface area contributed by atoms with Crippen LogP contribution in [0.3, 0.4) is 0 Å². The second-order valence-corrected chi connectivity index (χ2v) is 7.87. The van der Waals surface area contributed by atoms with Crippen molar-refractivity contribution in [2.75, 3.05) is 19.1 Å². The van der Waals surface area contributed by atoms with Crippen LogP contribution in [0.1, 0.15) is 43.4 Å². The van der Waals surface area contributed by atoms with Crippen molar-refractivity contribution in [3.05, 3.63) is 51.1 Å². The summed E-state index contributed by atoms with van der Waals surface area (Å²) >= 11 is 12.9. The van der Waals surface area contributed by atoms with Crippen LogP contribution >= 0.6 is 23.2 Å². The summed E-state index contributed by atoms with van der Waals surface area (Å²) < 4.78 is 9.91. The van der Waals surface area contributed by atoms with E-state index < -0.39 is 17.7 Å². The van der Waals surface area contributed by atoms with E-state index in [9.17, 15) is 9.59 Å². The topological polar surface area (TPSA) is 126 Å². The number of hydrogen-bond donors (Lipinski definition) is 2. The summed E-state index contributed by atoms with van der Waals surface area (Å²) in [4.78, 5) is 27.6. The van der Waals surface area contributed by atoms with Crippen molar-refractivity contribution in [3.8, 4) is 11.9 Å². The monoisotopic (exact) mass is 491 g/mol. The molecule has 174 valence electrons. The van der Waals surface area contributed by atoms with E-state index in [1.54, 1.807) is 38.4 Å². The van der Waals surface area contributed by atoms with E-state index in [4.69, 9.17) is 33.2 Å². The van der Waals surface area contributed by atoms with Crippen molar-refractivity contribution in [1.82, 2.24) is 10.3 Å². The maximum atomic E-state index is 11.9. The first-order valence-corrected chi connectivity index (χ1v) is 10.7. The number of benzene rings is 1. The highest BCUT2D eigenvalue weighted by molar-refractivity contribution is 6.47. The third kappa shape index (κ3) is 7.07. The lowest BCUT2D eigenvalue weighted by Crippen LogP contribution is -2.36. The molecular formula is C22H23Cl2N5O4. The summed E-state index contributed by atoms with van der Waals surface area (Å²) in [5.74, 6) is -0.216. The Labute approximate surface area is 201 Å². The molecule has 2 amide bonds. The Balaban J connectivity index is 2.21. The lowest BCUT2D eigenvalue weighted by molar-refractivity contribution is -0.114. The van der Waals surface area contributed by atoms with Gasteiger partial charge in [0.2, 0.25) is 11.6 Å². The smallest absolute Gasteiger partial charge is 0.414 e. The number of carbonyl (C=O) groups is 2. The zero-order valence-electron chi connectivity index (χ0n) is 18.5. The van der Waals surface area contributed by atoms with Crippen LogP contribution in [-0.4, -0.2) is 36.4 Å². The summed E-state index contributed by atoms with van der Waals surface area (Å²) in [6.45, 7) is 5.75. The Morgan fingerprint density at radius 3 is 2.45 bits per heavy atom. The normalized spacial score (nSPS) is 11.0. The highest BCUT2D eigenvalue weighted by Crippen LogP contribution is 2.32. The average molecular weight is 492 g/mol. The van der Waals surface area contributed by atoms with Crippen LogP contribution in [0, 0.1) is 11.3 Å². The lowest BCUT2D eigenvalue weighted by Gasteiger charge is -2.14. The second kappa shape index (κ2) is 12.0. The number of nitrogens with zero attached hydrogens (tertiary/aromatic N) is 3. The molecule has 1 aromatic carbocycles. The Morgan fingerprint density at radius 2 is 1.91 bits per heavy atom. The number of hydrogen-bond acceptors (Lipinski definition) is 8. The largest absolute Gasteiger partial charge is 0.481 e. The molecule has 0 saturated heterocycles. The molecule has 9 nitrogen and oxygen atoms in total. The van der Waals surface area contributed by atoms with E-state index in [1.807, 2.05) is 25.2 Å². The fraction of sp³-hybridized carbons (Fsp3) is 0.318. The summed E-state index contributed by atoms with van der Waals surface area (Å²) in [5, 5.41) is 15.5. The minimum atomic E-state index is -1.01. The van der Waals surface area contributed by atoms with Crippen LogP contribution in [0.15, 0.2) is 29.5 Å². The molecular weight excluding hydrogens is 469 g/mol.